The third kappa shape index (κ3) is 8.41. The number of likely N-dealkylation sites (tertiary alicyclic amines) is 2. The lowest BCUT2D eigenvalue weighted by Gasteiger charge is -2.32. The number of rotatable bonds is 12. The summed E-state index contributed by atoms with van der Waals surface area (Å²) in [5, 5.41) is 7.47. The third-order valence-corrected chi connectivity index (χ3v) is 13.2. The summed E-state index contributed by atoms with van der Waals surface area (Å²) in [6, 6.07) is 21.4. The molecule has 16 heteroatoms. The van der Waals surface area contributed by atoms with Crippen LogP contribution in [0.15, 0.2) is 79.0 Å². The summed E-state index contributed by atoms with van der Waals surface area (Å²) in [4.78, 5) is 73.9. The van der Waals surface area contributed by atoms with Crippen LogP contribution in [0, 0.1) is 11.8 Å². The van der Waals surface area contributed by atoms with Crippen molar-refractivity contribution < 1.29 is 38.1 Å². The molecule has 2 saturated heterocycles. The molecule has 0 spiro atoms. The van der Waals surface area contributed by atoms with E-state index in [2.05, 4.69) is 57.0 Å². The van der Waals surface area contributed by atoms with Crippen LogP contribution in [0.4, 0.5) is 9.59 Å². The van der Waals surface area contributed by atoms with Gasteiger partial charge >= 0.3 is 12.2 Å². The molecule has 3 aliphatic heterocycles. The van der Waals surface area contributed by atoms with Gasteiger partial charge in [0, 0.05) is 36.6 Å². The molecule has 9 rings (SSSR count). The van der Waals surface area contributed by atoms with E-state index < -0.39 is 24.3 Å². The summed E-state index contributed by atoms with van der Waals surface area (Å²) in [7, 11) is 2.95. The molecule has 16 nitrogen and oxygen atoms in total. The van der Waals surface area contributed by atoms with Gasteiger partial charge in [-0.05, 0) is 90.9 Å². The molecule has 4 aromatic carbocycles. The van der Waals surface area contributed by atoms with Crippen molar-refractivity contribution in [1.82, 2.24) is 40.4 Å². The van der Waals surface area contributed by atoms with E-state index >= 15 is 0 Å². The molecule has 5 heterocycles. The topological polar surface area (TPSA) is 193 Å². The van der Waals surface area contributed by atoms with Crippen molar-refractivity contribution in [2.24, 2.45) is 11.8 Å². The highest BCUT2D eigenvalue weighted by Gasteiger charge is 2.43. The molecule has 66 heavy (non-hydrogen) atoms. The van der Waals surface area contributed by atoms with Crippen molar-refractivity contribution in [3.8, 4) is 28.1 Å². The molecule has 6 atom stereocenters. The Morgan fingerprint density at radius 3 is 2.47 bits per heavy atom. The van der Waals surface area contributed by atoms with Crippen LogP contribution in [0.25, 0.3) is 44.2 Å². The van der Waals surface area contributed by atoms with Crippen LogP contribution in [0.3, 0.4) is 0 Å². The predicted molar refractivity (Wildman–Crippen MR) is 247 cm³/mol. The zero-order valence-corrected chi connectivity index (χ0v) is 38.1. The van der Waals surface area contributed by atoms with Crippen molar-refractivity contribution in [1.29, 1.82) is 0 Å². The molecular formula is C50H56N8O8. The first-order valence-corrected chi connectivity index (χ1v) is 22.7. The number of carbonyl (C=O) groups excluding carboxylic acids is 4. The van der Waals surface area contributed by atoms with Gasteiger partial charge in [-0.3, -0.25) is 9.59 Å². The van der Waals surface area contributed by atoms with Crippen molar-refractivity contribution in [3.05, 3.63) is 102 Å². The maximum absolute atomic E-state index is 14.4. The number of H-pyrrole nitrogens is 2. The van der Waals surface area contributed by atoms with Gasteiger partial charge < -0.3 is 49.3 Å². The molecule has 4 amide bonds. The highest BCUT2D eigenvalue weighted by molar-refractivity contribution is 6.07. The first-order valence-electron chi connectivity index (χ1n) is 22.7. The SMILES string of the molecule is CCOC(=O)N[C@@H](C(=O)N1C[C@@H](COC)C[C@H]1c1ncc(-c2ccc3c(c2)COc2cc4c(ccc5[nH]c([C@@H]6CC[C@H](C)N6C(=O)[C@@H](NC(=O)OC)C(C)C)nc54)cc2-3)[nH]1)c1ccccc1. The fourth-order valence-corrected chi connectivity index (χ4v) is 9.94. The number of methoxy groups -OCH3 is 2. The molecule has 0 radical (unpaired) electrons. The molecule has 3 aliphatic rings. The molecule has 2 fully saturated rings. The molecule has 0 bridgehead atoms. The Bertz CT molecular complexity index is 2790. The lowest BCUT2D eigenvalue weighted by molar-refractivity contribution is -0.137. The molecule has 6 aromatic rings. The van der Waals surface area contributed by atoms with Gasteiger partial charge in [0.05, 0.1) is 55.3 Å². The van der Waals surface area contributed by atoms with Gasteiger partial charge in [-0.1, -0.05) is 62.4 Å². The van der Waals surface area contributed by atoms with Crippen LogP contribution < -0.4 is 15.4 Å². The number of ether oxygens (including phenoxy) is 4. The Balaban J connectivity index is 0.972. The standard InChI is InChI=1S/C50H56N8O8/c1-7-65-50(62)56-43(30-11-9-8-10-12-30)47(59)57-24-29(25-63-5)19-40(57)45-51-23-38(53-45)32-14-16-34-33(20-32)26-66-41-22-35-31(21-36(34)41)15-17-37-44(35)54-46(52-37)39-18-13-28(4)58(39)48(60)42(27(2)3)55-49(61)64-6/h8-12,14-17,20-23,27-29,39-40,42-43H,7,13,18-19,24-26H2,1-6H3,(H,51,53)(H,52,54)(H,55,61)(H,56,62)/t28-,29-,39-,40-,42-,43+/m0/s1. The average molecular weight is 897 g/mol. The fraction of sp³-hybridized carbons (Fsp3) is 0.400. The van der Waals surface area contributed by atoms with E-state index in [9.17, 15) is 19.2 Å². The number of nitrogens with one attached hydrogen (secondary N) is 4. The van der Waals surface area contributed by atoms with Gasteiger partial charge in [0.2, 0.25) is 5.91 Å². The van der Waals surface area contributed by atoms with Gasteiger partial charge in [0.25, 0.3) is 5.91 Å². The molecule has 2 aromatic heterocycles. The Morgan fingerprint density at radius 2 is 1.71 bits per heavy atom. The first-order chi connectivity index (χ1) is 32.0. The number of hydrogen-bond donors (Lipinski definition) is 4. The second kappa shape index (κ2) is 18.5. The van der Waals surface area contributed by atoms with Crippen molar-refractivity contribution in [2.45, 2.75) is 83.8 Å². The smallest absolute Gasteiger partial charge is 0.408 e. The lowest BCUT2D eigenvalue weighted by atomic mass is 9.92. The number of nitrogens with zero attached hydrogens (tertiary/aromatic N) is 4. The van der Waals surface area contributed by atoms with E-state index in [0.717, 1.165) is 68.3 Å². The summed E-state index contributed by atoms with van der Waals surface area (Å²) in [6.07, 6.45) is 2.68. The molecule has 0 aliphatic carbocycles. The van der Waals surface area contributed by atoms with Crippen LogP contribution in [0.1, 0.15) is 87.9 Å². The van der Waals surface area contributed by atoms with Gasteiger partial charge in [-0.15, -0.1) is 0 Å². The molecule has 0 unspecified atom stereocenters. The summed E-state index contributed by atoms with van der Waals surface area (Å²) < 4.78 is 22.0. The van der Waals surface area contributed by atoms with Crippen LogP contribution in [-0.4, -0.2) is 99.8 Å². The average Bonchev–Trinajstić information content (AvgIpc) is 4.15. The van der Waals surface area contributed by atoms with Crippen LogP contribution in [-0.2, 0) is 30.4 Å². The summed E-state index contributed by atoms with van der Waals surface area (Å²) in [6.45, 7) is 9.02. The van der Waals surface area contributed by atoms with E-state index in [1.165, 1.54) is 7.11 Å². The Morgan fingerprint density at radius 1 is 0.894 bits per heavy atom. The van der Waals surface area contributed by atoms with Gasteiger partial charge in [-0.25, -0.2) is 19.6 Å². The van der Waals surface area contributed by atoms with Gasteiger partial charge in [0.15, 0.2) is 0 Å². The second-order valence-electron chi connectivity index (χ2n) is 17.8. The summed E-state index contributed by atoms with van der Waals surface area (Å²) in [5.41, 5.74) is 7.11. The van der Waals surface area contributed by atoms with E-state index in [4.69, 9.17) is 28.9 Å². The van der Waals surface area contributed by atoms with Crippen molar-refractivity contribution >= 4 is 45.8 Å². The summed E-state index contributed by atoms with van der Waals surface area (Å²) in [5.74, 6) is 1.62. The summed E-state index contributed by atoms with van der Waals surface area (Å²) >= 11 is 0. The number of aromatic amines is 2. The molecule has 4 N–H and O–H groups in total. The monoisotopic (exact) mass is 896 g/mol. The number of carbonyl (C=O) groups is 4. The largest absolute Gasteiger partial charge is 0.488 e. The van der Waals surface area contributed by atoms with Crippen LogP contribution >= 0.6 is 0 Å². The quantitative estimate of drug-likeness (QED) is 0.0933. The molecule has 344 valence electrons. The van der Waals surface area contributed by atoms with E-state index in [1.807, 2.05) is 62.1 Å². The third-order valence-electron chi connectivity index (χ3n) is 13.2. The minimum absolute atomic E-state index is 0.0343. The van der Waals surface area contributed by atoms with Crippen molar-refractivity contribution in [2.75, 3.05) is 34.0 Å². The lowest BCUT2D eigenvalue weighted by Crippen LogP contribution is -2.52. The first kappa shape index (κ1) is 44.3. The number of hydrogen-bond acceptors (Lipinski definition) is 10. The number of benzene rings is 4. The van der Waals surface area contributed by atoms with E-state index in [0.29, 0.717) is 43.4 Å². The fourth-order valence-electron chi connectivity index (χ4n) is 9.94. The maximum Gasteiger partial charge on any atom is 0.408 e. The predicted octanol–water partition coefficient (Wildman–Crippen LogP) is 8.12. The van der Waals surface area contributed by atoms with Crippen LogP contribution in [0.5, 0.6) is 5.75 Å². The number of alkyl carbamates (subject to hydrolysis) is 2. The minimum atomic E-state index is -0.946. The van der Waals surface area contributed by atoms with Gasteiger partial charge in [-0.2, -0.15) is 0 Å². The zero-order chi connectivity index (χ0) is 46.2. The highest BCUT2D eigenvalue weighted by atomic mass is 16.5. The zero-order valence-electron chi connectivity index (χ0n) is 38.1. The van der Waals surface area contributed by atoms with E-state index in [1.54, 1.807) is 25.1 Å². The Labute approximate surface area is 382 Å². The van der Waals surface area contributed by atoms with Crippen LogP contribution in [0.2, 0.25) is 0 Å². The highest BCUT2D eigenvalue weighted by Crippen LogP contribution is 2.44. The molecule has 0 saturated carbocycles. The maximum atomic E-state index is 14.4. The number of fused-ring (bicyclic) bond motifs is 6. The minimum Gasteiger partial charge on any atom is -0.488 e. The number of aromatic nitrogens is 4. The molecular weight excluding hydrogens is 841 g/mol. The van der Waals surface area contributed by atoms with Gasteiger partial charge in [0.1, 0.15) is 36.1 Å². The number of amides is 4. The Kier molecular flexibility index (Phi) is 12.4. The van der Waals surface area contributed by atoms with E-state index in [-0.39, 0.29) is 48.4 Å². The normalized spacial score (nSPS) is 19.9. The second-order valence-corrected chi connectivity index (χ2v) is 17.8. The number of imidazole rings is 2. The Hall–Kier alpha value is -6.94. The van der Waals surface area contributed by atoms with Crippen molar-refractivity contribution in [3.63, 3.8) is 0 Å².